The molecule has 1 saturated carbocycles. The van der Waals surface area contributed by atoms with E-state index in [-0.39, 0.29) is 18.5 Å². The third-order valence-corrected chi connectivity index (χ3v) is 6.68. The molecule has 1 aromatic rings. The van der Waals surface area contributed by atoms with Crippen LogP contribution in [0.4, 0.5) is 0 Å². The fourth-order valence-corrected chi connectivity index (χ4v) is 5.08. The van der Waals surface area contributed by atoms with Gasteiger partial charge in [-0.2, -0.15) is 0 Å². The molecule has 1 aliphatic heterocycles. The molecule has 1 aliphatic carbocycles. The first kappa shape index (κ1) is 23.0. The Balaban J connectivity index is 1.79. The summed E-state index contributed by atoms with van der Waals surface area (Å²) in [6.45, 7) is 5.22. The second kappa shape index (κ2) is 10.6. The van der Waals surface area contributed by atoms with E-state index in [0.717, 1.165) is 43.2 Å². The Labute approximate surface area is 185 Å². The number of amides is 1. The highest BCUT2D eigenvalue weighted by Gasteiger charge is 2.34. The lowest BCUT2D eigenvalue weighted by atomic mass is 9.85. The van der Waals surface area contributed by atoms with E-state index in [2.05, 4.69) is 29.4 Å². The van der Waals surface area contributed by atoms with E-state index in [1.807, 2.05) is 24.0 Å². The largest absolute Gasteiger partial charge is 0.389 e. The Bertz CT molecular complexity index is 799. The van der Waals surface area contributed by atoms with Crippen molar-refractivity contribution < 1.29 is 9.90 Å². The molecule has 0 aromatic heterocycles. The van der Waals surface area contributed by atoms with Crippen LogP contribution in [0.2, 0.25) is 0 Å². The average Bonchev–Trinajstić information content (AvgIpc) is 2.75. The SMILES string of the molecule is C/C=N\C(Cl)=C(/CC)C1c2ccccc2CCN1C(=O)CNCC1(O)CCCCC1. The zero-order valence-corrected chi connectivity index (χ0v) is 18.9. The molecule has 30 heavy (non-hydrogen) atoms. The number of rotatable bonds is 7. The van der Waals surface area contributed by atoms with Gasteiger partial charge in [0.1, 0.15) is 5.16 Å². The summed E-state index contributed by atoms with van der Waals surface area (Å²) < 4.78 is 0. The van der Waals surface area contributed by atoms with Crippen molar-refractivity contribution in [2.75, 3.05) is 19.6 Å². The molecule has 1 fully saturated rings. The van der Waals surface area contributed by atoms with Crippen LogP contribution in [-0.4, -0.2) is 47.4 Å². The van der Waals surface area contributed by atoms with Crippen LogP contribution < -0.4 is 5.32 Å². The quantitative estimate of drug-likeness (QED) is 0.498. The van der Waals surface area contributed by atoms with Crippen LogP contribution in [0.5, 0.6) is 0 Å². The molecule has 3 rings (SSSR count). The van der Waals surface area contributed by atoms with Crippen LogP contribution in [0, 0.1) is 0 Å². The summed E-state index contributed by atoms with van der Waals surface area (Å²) >= 11 is 6.54. The number of fused-ring (bicyclic) bond motifs is 1. The normalized spacial score (nSPS) is 22.0. The number of nitrogens with one attached hydrogen (secondary N) is 1. The van der Waals surface area contributed by atoms with Crippen LogP contribution in [0.1, 0.15) is 69.5 Å². The fourth-order valence-electron chi connectivity index (χ4n) is 4.75. The molecule has 1 atom stereocenters. The molecule has 1 aromatic carbocycles. The van der Waals surface area contributed by atoms with E-state index in [1.54, 1.807) is 6.21 Å². The third kappa shape index (κ3) is 5.32. The van der Waals surface area contributed by atoms with Crippen molar-refractivity contribution in [3.63, 3.8) is 0 Å². The van der Waals surface area contributed by atoms with E-state index >= 15 is 0 Å². The summed E-state index contributed by atoms with van der Waals surface area (Å²) in [6.07, 6.45) is 8.13. The molecule has 1 heterocycles. The molecule has 6 heteroatoms. The second-order valence-corrected chi connectivity index (χ2v) is 8.74. The molecular formula is C24H34ClN3O2. The highest BCUT2D eigenvalue weighted by molar-refractivity contribution is 6.30. The van der Waals surface area contributed by atoms with E-state index < -0.39 is 5.60 Å². The minimum absolute atomic E-state index is 0.0322. The zero-order chi connectivity index (χ0) is 21.6. The molecule has 2 aliphatic rings. The van der Waals surface area contributed by atoms with Crippen molar-refractivity contribution >= 4 is 23.7 Å². The minimum atomic E-state index is -0.680. The van der Waals surface area contributed by atoms with Gasteiger partial charge < -0.3 is 15.3 Å². The van der Waals surface area contributed by atoms with E-state index in [0.29, 0.717) is 24.7 Å². The second-order valence-electron chi connectivity index (χ2n) is 8.38. The molecule has 2 N–H and O–H groups in total. The lowest BCUT2D eigenvalue weighted by Gasteiger charge is -2.39. The predicted octanol–water partition coefficient (Wildman–Crippen LogP) is 4.35. The average molecular weight is 432 g/mol. The Morgan fingerprint density at radius 1 is 1.33 bits per heavy atom. The van der Waals surface area contributed by atoms with Gasteiger partial charge in [0.05, 0.1) is 18.2 Å². The maximum Gasteiger partial charge on any atom is 0.237 e. The summed E-state index contributed by atoms with van der Waals surface area (Å²) in [5, 5.41) is 14.4. The van der Waals surface area contributed by atoms with Gasteiger partial charge in [-0.1, -0.05) is 62.1 Å². The summed E-state index contributed by atoms with van der Waals surface area (Å²) in [5.74, 6) is 0.0322. The van der Waals surface area contributed by atoms with Gasteiger partial charge in [-0.3, -0.25) is 4.79 Å². The Hall–Kier alpha value is -1.69. The first-order chi connectivity index (χ1) is 14.5. The predicted molar refractivity (Wildman–Crippen MR) is 123 cm³/mol. The summed E-state index contributed by atoms with van der Waals surface area (Å²) in [5.41, 5.74) is 2.66. The Kier molecular flexibility index (Phi) is 8.09. The van der Waals surface area contributed by atoms with Crippen LogP contribution in [-0.2, 0) is 11.2 Å². The standard InChI is InChI=1S/C24H34ClN3O2/c1-3-19(23(25)27-4-2)22-20-11-7-6-10-18(20)12-15-28(22)21(29)16-26-17-24(30)13-8-5-9-14-24/h4,6-7,10-11,22,26,30H,3,5,8-9,12-17H2,1-2H3/b23-19+,27-4-. The highest BCUT2D eigenvalue weighted by Crippen LogP contribution is 2.39. The molecule has 5 nitrogen and oxygen atoms in total. The molecule has 164 valence electrons. The number of halogens is 1. The van der Waals surface area contributed by atoms with Crippen molar-refractivity contribution in [1.82, 2.24) is 10.2 Å². The van der Waals surface area contributed by atoms with Gasteiger partial charge in [-0.15, -0.1) is 0 Å². The van der Waals surface area contributed by atoms with Crippen LogP contribution in [0.25, 0.3) is 0 Å². The number of hydrogen-bond donors (Lipinski definition) is 2. The number of nitrogens with zero attached hydrogens (tertiary/aromatic N) is 2. The number of carbonyl (C=O) groups is 1. The highest BCUT2D eigenvalue weighted by atomic mass is 35.5. The first-order valence-corrected chi connectivity index (χ1v) is 11.5. The van der Waals surface area contributed by atoms with Crippen LogP contribution in [0.15, 0.2) is 40.0 Å². The van der Waals surface area contributed by atoms with Crippen molar-refractivity contribution in [2.45, 2.75) is 70.4 Å². The van der Waals surface area contributed by atoms with Crippen LogP contribution in [0.3, 0.4) is 0 Å². The Morgan fingerprint density at radius 3 is 2.77 bits per heavy atom. The van der Waals surface area contributed by atoms with Crippen molar-refractivity contribution in [3.05, 3.63) is 46.1 Å². The number of benzene rings is 1. The van der Waals surface area contributed by atoms with Gasteiger partial charge in [-0.25, -0.2) is 4.99 Å². The van der Waals surface area contributed by atoms with Gasteiger partial charge in [-0.05, 0) is 49.3 Å². The molecule has 1 amide bonds. The minimum Gasteiger partial charge on any atom is -0.389 e. The first-order valence-electron chi connectivity index (χ1n) is 11.2. The summed E-state index contributed by atoms with van der Waals surface area (Å²) in [4.78, 5) is 19.5. The lowest BCUT2D eigenvalue weighted by molar-refractivity contribution is -0.132. The monoisotopic (exact) mass is 431 g/mol. The topological polar surface area (TPSA) is 64.9 Å². The molecule has 1 unspecified atom stereocenters. The van der Waals surface area contributed by atoms with Gasteiger partial charge in [0.15, 0.2) is 0 Å². The molecule has 0 bridgehead atoms. The number of hydrogen-bond acceptors (Lipinski definition) is 4. The van der Waals surface area contributed by atoms with Gasteiger partial charge >= 0.3 is 0 Å². The summed E-state index contributed by atoms with van der Waals surface area (Å²) in [7, 11) is 0. The van der Waals surface area contributed by atoms with E-state index in [4.69, 9.17) is 11.6 Å². The van der Waals surface area contributed by atoms with Gasteiger partial charge in [0, 0.05) is 19.3 Å². The molecule has 0 saturated heterocycles. The Morgan fingerprint density at radius 2 is 2.07 bits per heavy atom. The molecule has 0 radical (unpaired) electrons. The van der Waals surface area contributed by atoms with Gasteiger partial charge in [0.2, 0.25) is 5.91 Å². The maximum atomic E-state index is 13.2. The van der Waals surface area contributed by atoms with Gasteiger partial charge in [0.25, 0.3) is 0 Å². The number of aliphatic hydroxyl groups is 1. The fraction of sp³-hybridized carbons (Fsp3) is 0.583. The van der Waals surface area contributed by atoms with Crippen LogP contribution >= 0.6 is 11.6 Å². The third-order valence-electron chi connectivity index (χ3n) is 6.34. The van der Waals surface area contributed by atoms with Crippen molar-refractivity contribution in [3.8, 4) is 0 Å². The van der Waals surface area contributed by atoms with Crippen molar-refractivity contribution in [2.24, 2.45) is 4.99 Å². The smallest absolute Gasteiger partial charge is 0.237 e. The lowest BCUT2D eigenvalue weighted by Crippen LogP contribution is -2.48. The summed E-state index contributed by atoms with van der Waals surface area (Å²) in [6, 6.07) is 8.07. The van der Waals surface area contributed by atoms with Crippen molar-refractivity contribution in [1.29, 1.82) is 0 Å². The maximum absolute atomic E-state index is 13.2. The molecule has 0 spiro atoms. The number of carbonyl (C=O) groups excluding carboxylic acids is 1. The van der Waals surface area contributed by atoms with E-state index in [9.17, 15) is 9.90 Å². The number of aliphatic imine (C=N–C) groups is 1. The molecular weight excluding hydrogens is 398 g/mol. The van der Waals surface area contributed by atoms with E-state index in [1.165, 1.54) is 12.0 Å². The zero-order valence-electron chi connectivity index (χ0n) is 18.2.